The molecule has 0 N–H and O–H groups in total. The van der Waals surface area contributed by atoms with E-state index in [1.807, 2.05) is 61.5 Å². The van der Waals surface area contributed by atoms with Crippen molar-refractivity contribution in [3.63, 3.8) is 0 Å². The van der Waals surface area contributed by atoms with Crippen molar-refractivity contribution in [2.24, 2.45) is 0 Å². The Bertz CT molecular complexity index is 1660. The molecule has 4 aromatic rings. The lowest BCUT2D eigenvalue weighted by Gasteiger charge is -2.22. The molecule has 0 bridgehead atoms. The van der Waals surface area contributed by atoms with E-state index in [0.29, 0.717) is 18.2 Å². The van der Waals surface area contributed by atoms with Crippen LogP contribution in [0.2, 0.25) is 5.02 Å². The lowest BCUT2D eigenvalue weighted by molar-refractivity contribution is 0.261. The Morgan fingerprint density at radius 1 is 1.12 bits per heavy atom. The van der Waals surface area contributed by atoms with Crippen LogP contribution in [0, 0.1) is 5.82 Å². The normalized spacial score (nSPS) is 13.4. The van der Waals surface area contributed by atoms with Gasteiger partial charge in [-0.1, -0.05) is 61.9 Å². The number of benzene rings is 3. The summed E-state index contributed by atoms with van der Waals surface area (Å²) in [4.78, 5) is 14.4. The minimum atomic E-state index is -0.337. The lowest BCUT2D eigenvalue weighted by atomic mass is 10.0. The van der Waals surface area contributed by atoms with Crippen LogP contribution in [-0.4, -0.2) is 48.7 Å². The van der Waals surface area contributed by atoms with E-state index in [4.69, 9.17) is 26.3 Å². The second kappa shape index (κ2) is 13.3. The number of anilines is 2. The summed E-state index contributed by atoms with van der Waals surface area (Å²) < 4.78 is 20.3. The van der Waals surface area contributed by atoms with E-state index in [9.17, 15) is 4.39 Å². The van der Waals surface area contributed by atoms with Crippen molar-refractivity contribution < 1.29 is 9.13 Å². The monoisotopic (exact) mass is 582 g/mol. The van der Waals surface area contributed by atoms with Gasteiger partial charge in [0.1, 0.15) is 24.0 Å². The highest BCUT2D eigenvalue weighted by Gasteiger charge is 2.25. The van der Waals surface area contributed by atoms with Crippen molar-refractivity contribution >= 4 is 39.6 Å². The summed E-state index contributed by atoms with van der Waals surface area (Å²) in [7, 11) is 3.96. The van der Waals surface area contributed by atoms with Gasteiger partial charge in [-0.15, -0.1) is 0 Å². The molecule has 5 nitrogen and oxygen atoms in total. The van der Waals surface area contributed by atoms with Gasteiger partial charge in [-0.3, -0.25) is 0 Å². The molecule has 1 aromatic heterocycles. The summed E-state index contributed by atoms with van der Waals surface area (Å²) in [6, 6.07) is 16.8. The van der Waals surface area contributed by atoms with Gasteiger partial charge in [-0.05, 0) is 80.5 Å². The average molecular weight is 583 g/mol. The van der Waals surface area contributed by atoms with Crippen LogP contribution < -0.4 is 9.64 Å². The molecule has 0 unspecified atom stereocenters. The Hall–Kier alpha value is -4.00. The minimum Gasteiger partial charge on any atom is -0.492 e. The van der Waals surface area contributed by atoms with E-state index in [1.54, 1.807) is 12.1 Å². The van der Waals surface area contributed by atoms with Crippen LogP contribution in [0.15, 0.2) is 85.5 Å². The predicted molar refractivity (Wildman–Crippen MR) is 173 cm³/mol. The Morgan fingerprint density at radius 3 is 2.76 bits per heavy atom. The quantitative estimate of drug-likeness (QED) is 0.166. The summed E-state index contributed by atoms with van der Waals surface area (Å²) in [6.07, 6.45) is 10.9. The first-order chi connectivity index (χ1) is 20.4. The van der Waals surface area contributed by atoms with Crippen molar-refractivity contribution in [2.75, 3.05) is 38.7 Å². The van der Waals surface area contributed by atoms with Crippen molar-refractivity contribution in [2.45, 2.75) is 26.2 Å². The molecule has 0 amide bonds. The fourth-order valence-corrected chi connectivity index (χ4v) is 5.26. The lowest BCUT2D eigenvalue weighted by Crippen LogP contribution is -2.19. The molecule has 3 aromatic carbocycles. The number of nitrogens with zero attached hydrogens (tertiary/aromatic N) is 4. The zero-order valence-electron chi connectivity index (χ0n) is 24.4. The van der Waals surface area contributed by atoms with Crippen LogP contribution >= 0.6 is 11.6 Å². The van der Waals surface area contributed by atoms with E-state index in [2.05, 4.69) is 30.5 Å². The van der Waals surface area contributed by atoms with Gasteiger partial charge in [0.25, 0.3) is 0 Å². The Morgan fingerprint density at radius 2 is 1.98 bits per heavy atom. The predicted octanol–water partition coefficient (Wildman–Crippen LogP) is 8.65. The minimum absolute atomic E-state index is 0.337. The molecule has 0 aliphatic carbocycles. The zero-order valence-corrected chi connectivity index (χ0v) is 25.2. The third kappa shape index (κ3) is 6.56. The van der Waals surface area contributed by atoms with E-state index in [1.165, 1.54) is 17.7 Å². The van der Waals surface area contributed by atoms with E-state index >= 15 is 0 Å². The molecule has 0 saturated carbocycles. The maximum absolute atomic E-state index is 14.3. The first kappa shape index (κ1) is 29.5. The number of unbranched alkanes of at least 4 members (excludes halogenated alkanes) is 1. The van der Waals surface area contributed by atoms with Crippen LogP contribution in [0.5, 0.6) is 5.75 Å². The zero-order chi connectivity index (χ0) is 29.6. The second-order valence-electron chi connectivity index (χ2n) is 10.6. The standard InChI is InChI=1S/C35H36ClFN4O/c1-5-7-8-9-10-24(6-2)34-38-31-22-25(29-15-13-28(37)23-33(29)42-20-19-40(3)4)11-14-30(31)35(39-34)41-18-17-26-21-27(36)12-16-32(26)41/h6,8-16,21-23H,2,5,7,17-20H2,1,3-4H3/b9-8-,24-10+. The highest BCUT2D eigenvalue weighted by Crippen LogP contribution is 2.40. The third-order valence-electron chi connectivity index (χ3n) is 7.27. The molecule has 0 atom stereocenters. The number of likely N-dealkylation sites (N-methyl/N-ethyl adjacent to an activating group) is 1. The van der Waals surface area contributed by atoms with E-state index in [0.717, 1.165) is 76.5 Å². The number of hydrogen-bond acceptors (Lipinski definition) is 5. The average Bonchev–Trinajstić information content (AvgIpc) is 3.39. The Labute approximate surface area is 252 Å². The maximum atomic E-state index is 14.3. The third-order valence-corrected chi connectivity index (χ3v) is 7.50. The summed E-state index contributed by atoms with van der Waals surface area (Å²) in [5.41, 5.74) is 5.60. The number of hydrogen-bond donors (Lipinski definition) is 0. The molecular weight excluding hydrogens is 547 g/mol. The number of fused-ring (bicyclic) bond motifs is 2. The van der Waals surface area contributed by atoms with Crippen LogP contribution in [0.3, 0.4) is 0 Å². The summed E-state index contributed by atoms with van der Waals surface area (Å²) in [6.45, 7) is 8.16. The molecule has 0 saturated heterocycles. The summed E-state index contributed by atoms with van der Waals surface area (Å²) in [5, 5.41) is 1.65. The molecule has 7 heteroatoms. The SMILES string of the molecule is C=C/C(=C\C=C/CCC)c1nc(N2CCc3cc(Cl)ccc32)c2ccc(-c3ccc(F)cc3OCCN(C)C)cc2n1. The van der Waals surface area contributed by atoms with Gasteiger partial charge in [-0.2, -0.15) is 0 Å². The molecule has 0 radical (unpaired) electrons. The van der Waals surface area contributed by atoms with Crippen LogP contribution in [0.25, 0.3) is 27.6 Å². The fourth-order valence-electron chi connectivity index (χ4n) is 5.07. The van der Waals surface area contributed by atoms with E-state index in [-0.39, 0.29) is 5.82 Å². The highest BCUT2D eigenvalue weighted by molar-refractivity contribution is 6.30. The van der Waals surface area contributed by atoms with Crippen molar-refractivity contribution in [3.05, 3.63) is 108 Å². The summed E-state index contributed by atoms with van der Waals surface area (Å²) in [5.74, 6) is 1.59. The van der Waals surface area contributed by atoms with E-state index < -0.39 is 0 Å². The largest absolute Gasteiger partial charge is 0.492 e. The topological polar surface area (TPSA) is 41.5 Å². The molecular formula is C35H36ClFN4O. The molecule has 42 heavy (non-hydrogen) atoms. The smallest absolute Gasteiger partial charge is 0.162 e. The molecule has 1 aliphatic heterocycles. The maximum Gasteiger partial charge on any atom is 0.162 e. The molecule has 0 spiro atoms. The number of halogens is 2. The van der Waals surface area contributed by atoms with Crippen LogP contribution in [0.1, 0.15) is 31.2 Å². The number of rotatable bonds is 11. The Balaban J connectivity index is 1.65. The van der Waals surface area contributed by atoms with Gasteiger partial charge in [0.15, 0.2) is 5.82 Å². The first-order valence-corrected chi connectivity index (χ1v) is 14.7. The fraction of sp³-hybridized carbons (Fsp3) is 0.257. The van der Waals surface area contributed by atoms with Crippen molar-refractivity contribution in [1.29, 1.82) is 0 Å². The molecule has 5 rings (SSSR count). The number of aromatic nitrogens is 2. The van der Waals surface area contributed by atoms with Gasteiger partial charge in [0, 0.05) is 46.4 Å². The second-order valence-corrected chi connectivity index (χ2v) is 11.0. The van der Waals surface area contributed by atoms with Crippen LogP contribution in [-0.2, 0) is 6.42 Å². The van der Waals surface area contributed by atoms with Crippen molar-refractivity contribution in [1.82, 2.24) is 14.9 Å². The highest BCUT2D eigenvalue weighted by atomic mass is 35.5. The Kier molecular flexibility index (Phi) is 9.35. The van der Waals surface area contributed by atoms with Gasteiger partial charge in [0.2, 0.25) is 0 Å². The van der Waals surface area contributed by atoms with Crippen LogP contribution in [0.4, 0.5) is 15.9 Å². The first-order valence-electron chi connectivity index (χ1n) is 14.3. The number of ether oxygens (including phenoxy) is 1. The molecule has 1 aliphatic rings. The van der Waals surface area contributed by atoms with Crippen molar-refractivity contribution in [3.8, 4) is 16.9 Å². The van der Waals surface area contributed by atoms with Gasteiger partial charge in [0.05, 0.1) is 5.52 Å². The molecule has 2 heterocycles. The van der Waals surface area contributed by atoms with Gasteiger partial charge < -0.3 is 14.5 Å². The number of allylic oxidation sites excluding steroid dienone is 5. The van der Waals surface area contributed by atoms with Gasteiger partial charge in [-0.25, -0.2) is 14.4 Å². The van der Waals surface area contributed by atoms with Gasteiger partial charge >= 0.3 is 0 Å². The summed E-state index contributed by atoms with van der Waals surface area (Å²) >= 11 is 6.31. The molecule has 0 fully saturated rings. The molecule has 216 valence electrons.